The smallest absolute Gasteiger partial charge is 0.302 e. The van der Waals surface area contributed by atoms with Gasteiger partial charge in [0.2, 0.25) is 0 Å². The van der Waals surface area contributed by atoms with Crippen molar-refractivity contribution in [3.8, 4) is 0 Å². The van der Waals surface area contributed by atoms with Crippen LogP contribution < -0.4 is 0 Å². The first-order valence-electron chi connectivity index (χ1n) is 5.29. The second-order valence-corrected chi connectivity index (χ2v) is 3.74. The maximum atomic E-state index is 11.1. The van der Waals surface area contributed by atoms with Crippen molar-refractivity contribution in [2.24, 2.45) is 0 Å². The highest BCUT2D eigenvalue weighted by molar-refractivity contribution is 5.78. The number of benzene rings is 1. The van der Waals surface area contributed by atoms with E-state index < -0.39 is 0 Å². The van der Waals surface area contributed by atoms with Gasteiger partial charge in [-0.3, -0.25) is 9.59 Å². The van der Waals surface area contributed by atoms with E-state index in [2.05, 4.69) is 0 Å². The van der Waals surface area contributed by atoms with E-state index in [9.17, 15) is 9.59 Å². The van der Waals surface area contributed by atoms with Crippen molar-refractivity contribution in [1.29, 1.82) is 0 Å². The molecular weight excluding hydrogens is 204 g/mol. The molecule has 0 heterocycles. The van der Waals surface area contributed by atoms with Crippen molar-refractivity contribution in [3.63, 3.8) is 0 Å². The van der Waals surface area contributed by atoms with E-state index >= 15 is 0 Å². The molecule has 0 saturated heterocycles. The quantitative estimate of drug-likeness (QED) is 0.712. The largest absolute Gasteiger partial charge is 0.466 e. The lowest BCUT2D eigenvalue weighted by Gasteiger charge is -2.07. The normalized spacial score (nSPS) is 9.88. The summed E-state index contributed by atoms with van der Waals surface area (Å²) >= 11 is 0. The molecule has 0 aliphatic carbocycles. The number of carbonyl (C=O) groups is 2. The van der Waals surface area contributed by atoms with Crippen molar-refractivity contribution in [3.05, 3.63) is 35.4 Å². The van der Waals surface area contributed by atoms with Crippen LogP contribution in [0, 0.1) is 0 Å². The highest BCUT2D eigenvalue weighted by Crippen LogP contribution is 2.10. The Morgan fingerprint density at radius 1 is 1.12 bits per heavy atom. The Morgan fingerprint density at radius 2 is 1.75 bits per heavy atom. The molecule has 0 aliphatic rings. The van der Waals surface area contributed by atoms with E-state index in [4.69, 9.17) is 4.74 Å². The van der Waals surface area contributed by atoms with Gasteiger partial charge < -0.3 is 4.74 Å². The maximum Gasteiger partial charge on any atom is 0.302 e. The van der Waals surface area contributed by atoms with E-state index in [0.29, 0.717) is 19.4 Å². The monoisotopic (exact) mass is 220 g/mol. The highest BCUT2D eigenvalue weighted by Gasteiger charge is 2.04. The third-order valence-electron chi connectivity index (χ3n) is 2.23. The zero-order valence-electron chi connectivity index (χ0n) is 9.66. The predicted octanol–water partition coefficient (Wildman–Crippen LogP) is 1.92. The Kier molecular flexibility index (Phi) is 4.70. The summed E-state index contributed by atoms with van der Waals surface area (Å²) in [6, 6.07) is 7.73. The second kappa shape index (κ2) is 6.05. The van der Waals surface area contributed by atoms with Gasteiger partial charge in [0.05, 0.1) is 6.61 Å². The standard InChI is InChI=1S/C13H16O3/c1-10(14)9-13-6-4-3-5-12(13)7-8-16-11(2)15/h3-6H,7-9H2,1-2H3. The lowest BCUT2D eigenvalue weighted by molar-refractivity contribution is -0.140. The molecule has 1 aromatic rings. The van der Waals surface area contributed by atoms with Crippen molar-refractivity contribution >= 4 is 11.8 Å². The SMILES string of the molecule is CC(=O)Cc1ccccc1CCOC(C)=O. The Morgan fingerprint density at radius 3 is 2.31 bits per heavy atom. The van der Waals surface area contributed by atoms with Crippen molar-refractivity contribution in [2.75, 3.05) is 6.61 Å². The molecule has 0 fully saturated rings. The van der Waals surface area contributed by atoms with Crippen LogP contribution in [0.25, 0.3) is 0 Å². The van der Waals surface area contributed by atoms with Gasteiger partial charge in [-0.1, -0.05) is 24.3 Å². The van der Waals surface area contributed by atoms with Gasteiger partial charge in [0, 0.05) is 19.8 Å². The number of Topliss-reactive ketones (excluding diaryl/α,β-unsaturated/α-hetero) is 1. The van der Waals surface area contributed by atoms with Gasteiger partial charge in [0.25, 0.3) is 0 Å². The fourth-order valence-corrected chi connectivity index (χ4v) is 1.55. The summed E-state index contributed by atoms with van der Waals surface area (Å²) in [6.07, 6.45) is 1.10. The van der Waals surface area contributed by atoms with Crippen LogP contribution in [0.5, 0.6) is 0 Å². The fourth-order valence-electron chi connectivity index (χ4n) is 1.55. The van der Waals surface area contributed by atoms with Crippen LogP contribution in [0.1, 0.15) is 25.0 Å². The van der Waals surface area contributed by atoms with E-state index in [1.165, 1.54) is 6.92 Å². The number of hydrogen-bond acceptors (Lipinski definition) is 3. The average molecular weight is 220 g/mol. The van der Waals surface area contributed by atoms with Crippen LogP contribution in [0.15, 0.2) is 24.3 Å². The number of carbonyl (C=O) groups excluding carboxylic acids is 2. The van der Waals surface area contributed by atoms with Crippen molar-refractivity contribution in [2.45, 2.75) is 26.7 Å². The molecule has 0 radical (unpaired) electrons. The van der Waals surface area contributed by atoms with E-state index in [1.807, 2.05) is 24.3 Å². The first kappa shape index (κ1) is 12.4. The number of rotatable bonds is 5. The molecule has 0 spiro atoms. The van der Waals surface area contributed by atoms with Crippen LogP contribution >= 0.6 is 0 Å². The van der Waals surface area contributed by atoms with Gasteiger partial charge in [-0.2, -0.15) is 0 Å². The van der Waals surface area contributed by atoms with Crippen LogP contribution in [-0.2, 0) is 27.2 Å². The molecule has 0 aromatic heterocycles. The summed E-state index contributed by atoms with van der Waals surface area (Å²) in [6.45, 7) is 3.33. The summed E-state index contributed by atoms with van der Waals surface area (Å²) in [7, 11) is 0. The van der Waals surface area contributed by atoms with Gasteiger partial charge in [-0.05, 0) is 18.1 Å². The molecule has 0 N–H and O–H groups in total. The molecular formula is C13H16O3. The fraction of sp³-hybridized carbons (Fsp3) is 0.385. The van der Waals surface area contributed by atoms with Crippen molar-refractivity contribution in [1.82, 2.24) is 0 Å². The maximum absolute atomic E-state index is 11.1. The summed E-state index contributed by atoms with van der Waals surface area (Å²) in [5.74, 6) is -0.135. The Bertz CT molecular complexity index is 383. The van der Waals surface area contributed by atoms with Crippen LogP contribution in [0.4, 0.5) is 0 Å². The van der Waals surface area contributed by atoms with Gasteiger partial charge in [-0.15, -0.1) is 0 Å². The Balaban J connectivity index is 2.63. The van der Waals surface area contributed by atoms with E-state index in [1.54, 1.807) is 6.92 Å². The summed E-state index contributed by atoms with van der Waals surface area (Å²) in [5.41, 5.74) is 2.08. The minimum absolute atomic E-state index is 0.139. The zero-order chi connectivity index (χ0) is 12.0. The first-order valence-corrected chi connectivity index (χ1v) is 5.29. The molecule has 3 nitrogen and oxygen atoms in total. The molecule has 0 saturated carbocycles. The molecule has 0 bridgehead atoms. The molecule has 16 heavy (non-hydrogen) atoms. The molecule has 1 aromatic carbocycles. The third kappa shape index (κ3) is 4.26. The molecule has 86 valence electrons. The van der Waals surface area contributed by atoms with Crippen LogP contribution in [0.3, 0.4) is 0 Å². The molecule has 0 amide bonds. The zero-order valence-corrected chi connectivity index (χ0v) is 9.66. The van der Waals surface area contributed by atoms with Crippen LogP contribution in [0.2, 0.25) is 0 Å². The molecule has 1 rings (SSSR count). The average Bonchev–Trinajstić information content (AvgIpc) is 2.19. The second-order valence-electron chi connectivity index (χ2n) is 3.74. The number of esters is 1. The Labute approximate surface area is 95.4 Å². The minimum atomic E-state index is -0.274. The van der Waals surface area contributed by atoms with Gasteiger partial charge in [0.1, 0.15) is 5.78 Å². The minimum Gasteiger partial charge on any atom is -0.466 e. The van der Waals surface area contributed by atoms with E-state index in [-0.39, 0.29) is 11.8 Å². The highest BCUT2D eigenvalue weighted by atomic mass is 16.5. The summed E-state index contributed by atoms with van der Waals surface area (Å²) in [4.78, 5) is 21.7. The number of hydrogen-bond donors (Lipinski definition) is 0. The third-order valence-corrected chi connectivity index (χ3v) is 2.23. The van der Waals surface area contributed by atoms with Crippen LogP contribution in [-0.4, -0.2) is 18.4 Å². The molecule has 0 unspecified atom stereocenters. The predicted molar refractivity (Wildman–Crippen MR) is 61.2 cm³/mol. The van der Waals surface area contributed by atoms with Crippen molar-refractivity contribution < 1.29 is 14.3 Å². The summed E-state index contributed by atoms with van der Waals surface area (Å²) < 4.78 is 4.88. The topological polar surface area (TPSA) is 43.4 Å². The Hall–Kier alpha value is -1.64. The molecule has 3 heteroatoms. The van der Waals surface area contributed by atoms with Gasteiger partial charge in [-0.25, -0.2) is 0 Å². The lowest BCUT2D eigenvalue weighted by atomic mass is 10.0. The molecule has 0 atom stereocenters. The first-order chi connectivity index (χ1) is 7.59. The van der Waals surface area contributed by atoms with Gasteiger partial charge >= 0.3 is 5.97 Å². The molecule has 0 aliphatic heterocycles. The van der Waals surface area contributed by atoms with Gasteiger partial charge in [0.15, 0.2) is 0 Å². The summed E-state index contributed by atoms with van der Waals surface area (Å²) in [5, 5.41) is 0. The number of ketones is 1. The van der Waals surface area contributed by atoms with E-state index in [0.717, 1.165) is 11.1 Å². The lowest BCUT2D eigenvalue weighted by Crippen LogP contribution is -2.06. The number of ether oxygens (including phenoxy) is 1.